The highest BCUT2D eigenvalue weighted by Gasteiger charge is 2.09. The van der Waals surface area contributed by atoms with E-state index in [0.717, 1.165) is 12.9 Å². The van der Waals surface area contributed by atoms with E-state index in [0.29, 0.717) is 11.0 Å². The van der Waals surface area contributed by atoms with Gasteiger partial charge in [0.1, 0.15) is 5.15 Å². The summed E-state index contributed by atoms with van der Waals surface area (Å²) in [6.45, 7) is 2.05. The monoisotopic (exact) mass is 414 g/mol. The van der Waals surface area contributed by atoms with Gasteiger partial charge in [-0.05, 0) is 51.5 Å². The van der Waals surface area contributed by atoms with E-state index in [2.05, 4.69) is 48.5 Å². The molecular weight excluding hydrogens is 410 g/mol. The van der Waals surface area contributed by atoms with Crippen LogP contribution in [0.2, 0.25) is 5.15 Å². The molecule has 0 fully saturated rings. The molecule has 0 bridgehead atoms. The Hall–Kier alpha value is 0.280. The molecule has 0 saturated heterocycles. The maximum absolute atomic E-state index is 5.94. The fraction of sp³-hybridized carbons (Fsp3) is 0.111. The number of aryl methyl sites for hydroxylation is 1. The van der Waals surface area contributed by atoms with E-state index in [9.17, 15) is 0 Å². The van der Waals surface area contributed by atoms with Crippen molar-refractivity contribution in [2.75, 3.05) is 0 Å². The van der Waals surface area contributed by atoms with Gasteiger partial charge in [-0.2, -0.15) is 0 Å². The quantitative estimate of drug-likeness (QED) is 0.505. The topological polar surface area (TPSA) is 25.8 Å². The highest BCUT2D eigenvalue weighted by Crippen LogP contribution is 2.32. The summed E-state index contributed by atoms with van der Waals surface area (Å²) in [5.74, 6) is 0.680. The van der Waals surface area contributed by atoms with Crippen molar-refractivity contribution in [1.29, 1.82) is 0 Å². The van der Waals surface area contributed by atoms with E-state index in [1.165, 1.54) is 4.88 Å². The van der Waals surface area contributed by atoms with Crippen molar-refractivity contribution in [3.05, 3.63) is 30.3 Å². The lowest BCUT2D eigenvalue weighted by molar-refractivity contribution is 1.17. The molecule has 0 N–H and O–H groups in total. The molecule has 2 aromatic rings. The second kappa shape index (κ2) is 4.65. The first-order valence-electron chi connectivity index (χ1n) is 4.02. The van der Waals surface area contributed by atoms with Crippen molar-refractivity contribution >= 4 is 61.5 Å². The minimum atomic E-state index is 0.503. The highest BCUT2D eigenvalue weighted by molar-refractivity contribution is 14.1. The average molecular weight is 415 g/mol. The van der Waals surface area contributed by atoms with Crippen LogP contribution in [0.4, 0.5) is 0 Å². The van der Waals surface area contributed by atoms with Gasteiger partial charge in [0, 0.05) is 15.5 Å². The van der Waals surface area contributed by atoms with Gasteiger partial charge < -0.3 is 0 Å². The smallest absolute Gasteiger partial charge is 0.171 e. The largest absolute Gasteiger partial charge is 0.235 e. The van der Waals surface area contributed by atoms with Crippen LogP contribution < -0.4 is 0 Å². The lowest BCUT2D eigenvalue weighted by atomic mass is 10.4. The Balaban J connectivity index is 2.49. The molecule has 2 heterocycles. The SMILES string of the molecule is Cc1sc(-c2ncc(I)c(Cl)n2)cc1Br. The van der Waals surface area contributed by atoms with E-state index in [-0.39, 0.29) is 0 Å². The molecule has 2 aromatic heterocycles. The normalized spacial score (nSPS) is 10.7. The molecule has 0 amide bonds. The zero-order chi connectivity index (χ0) is 11.0. The maximum Gasteiger partial charge on any atom is 0.171 e. The van der Waals surface area contributed by atoms with Gasteiger partial charge in [0.25, 0.3) is 0 Å². The Labute approximate surface area is 118 Å². The van der Waals surface area contributed by atoms with Crippen molar-refractivity contribution in [2.45, 2.75) is 6.92 Å². The van der Waals surface area contributed by atoms with E-state index < -0.39 is 0 Å². The zero-order valence-corrected chi connectivity index (χ0v) is 12.9. The highest BCUT2D eigenvalue weighted by atomic mass is 127. The third kappa shape index (κ3) is 2.51. The lowest BCUT2D eigenvalue weighted by Crippen LogP contribution is -1.89. The Morgan fingerprint density at radius 1 is 1.53 bits per heavy atom. The number of hydrogen-bond donors (Lipinski definition) is 0. The molecule has 0 radical (unpaired) electrons. The molecule has 6 heteroatoms. The summed E-state index contributed by atoms with van der Waals surface area (Å²) < 4.78 is 1.95. The van der Waals surface area contributed by atoms with Crippen LogP contribution in [0.25, 0.3) is 10.7 Å². The van der Waals surface area contributed by atoms with E-state index in [1.54, 1.807) is 17.5 Å². The molecule has 0 saturated carbocycles. The number of halogens is 3. The Kier molecular flexibility index (Phi) is 3.64. The van der Waals surface area contributed by atoms with E-state index in [1.807, 2.05) is 13.0 Å². The zero-order valence-electron chi connectivity index (χ0n) is 7.59. The van der Waals surface area contributed by atoms with Gasteiger partial charge >= 0.3 is 0 Å². The van der Waals surface area contributed by atoms with Crippen LogP contribution in [0.1, 0.15) is 4.88 Å². The summed E-state index contributed by atoms with van der Waals surface area (Å²) in [6.07, 6.45) is 1.73. The minimum absolute atomic E-state index is 0.503. The van der Waals surface area contributed by atoms with Gasteiger partial charge in [-0.1, -0.05) is 11.6 Å². The molecule has 0 aromatic carbocycles. The van der Waals surface area contributed by atoms with Crippen LogP contribution in [0.15, 0.2) is 16.7 Å². The van der Waals surface area contributed by atoms with Crippen LogP contribution in [0, 0.1) is 10.5 Å². The van der Waals surface area contributed by atoms with Gasteiger partial charge in [0.05, 0.1) is 8.45 Å². The minimum Gasteiger partial charge on any atom is -0.235 e. The maximum atomic E-state index is 5.94. The molecule has 2 rings (SSSR count). The molecule has 0 unspecified atom stereocenters. The fourth-order valence-electron chi connectivity index (χ4n) is 1.04. The average Bonchev–Trinajstić information content (AvgIpc) is 2.52. The molecule has 0 spiro atoms. The summed E-state index contributed by atoms with van der Waals surface area (Å²) in [5.41, 5.74) is 0. The number of nitrogens with zero attached hydrogens (tertiary/aromatic N) is 2. The summed E-state index contributed by atoms with van der Waals surface area (Å²) in [7, 11) is 0. The van der Waals surface area contributed by atoms with Crippen LogP contribution in [-0.4, -0.2) is 9.97 Å². The number of hydrogen-bond acceptors (Lipinski definition) is 3. The summed E-state index contributed by atoms with van der Waals surface area (Å²) >= 11 is 13.2. The second-order valence-corrected chi connectivity index (χ2v) is 6.48. The third-order valence-electron chi connectivity index (χ3n) is 1.78. The Morgan fingerprint density at radius 3 is 2.80 bits per heavy atom. The van der Waals surface area contributed by atoms with Gasteiger partial charge in [-0.3, -0.25) is 0 Å². The molecular formula is C9H5BrClIN2S. The number of thiophene rings is 1. The van der Waals surface area contributed by atoms with E-state index in [4.69, 9.17) is 11.6 Å². The molecule has 0 aliphatic carbocycles. The number of aromatic nitrogens is 2. The van der Waals surface area contributed by atoms with Gasteiger partial charge in [-0.15, -0.1) is 11.3 Å². The fourth-order valence-corrected chi connectivity index (χ4v) is 2.90. The van der Waals surface area contributed by atoms with Gasteiger partial charge in [0.2, 0.25) is 0 Å². The van der Waals surface area contributed by atoms with Crippen LogP contribution in [-0.2, 0) is 0 Å². The Bertz CT molecular complexity index is 495. The van der Waals surface area contributed by atoms with Crippen molar-refractivity contribution < 1.29 is 0 Å². The predicted octanol–water partition coefficient (Wildman–Crippen LogP) is 4.53. The summed E-state index contributed by atoms with van der Waals surface area (Å²) in [5, 5.41) is 0.503. The van der Waals surface area contributed by atoms with Gasteiger partial charge in [-0.25, -0.2) is 9.97 Å². The molecule has 0 aliphatic heterocycles. The van der Waals surface area contributed by atoms with Gasteiger partial charge in [0.15, 0.2) is 5.82 Å². The van der Waals surface area contributed by atoms with Crippen molar-refractivity contribution in [3.63, 3.8) is 0 Å². The Morgan fingerprint density at radius 2 is 2.27 bits per heavy atom. The van der Waals surface area contributed by atoms with Crippen LogP contribution in [0.5, 0.6) is 0 Å². The molecule has 0 aliphatic rings. The standard InChI is InChI=1S/C9H5BrClIN2S/c1-4-5(10)2-7(15-4)9-13-3-6(12)8(11)14-9/h2-3H,1H3. The first-order chi connectivity index (χ1) is 7.08. The second-order valence-electron chi connectivity index (χ2n) is 2.85. The molecule has 0 atom stereocenters. The predicted molar refractivity (Wildman–Crippen MR) is 75.5 cm³/mol. The van der Waals surface area contributed by atoms with Crippen molar-refractivity contribution in [3.8, 4) is 10.7 Å². The van der Waals surface area contributed by atoms with Crippen LogP contribution >= 0.6 is 61.5 Å². The first-order valence-corrected chi connectivity index (χ1v) is 7.09. The van der Waals surface area contributed by atoms with Crippen molar-refractivity contribution in [1.82, 2.24) is 9.97 Å². The van der Waals surface area contributed by atoms with E-state index >= 15 is 0 Å². The summed E-state index contributed by atoms with van der Waals surface area (Å²) in [4.78, 5) is 10.7. The van der Waals surface area contributed by atoms with Crippen LogP contribution in [0.3, 0.4) is 0 Å². The first kappa shape index (κ1) is 11.8. The van der Waals surface area contributed by atoms with Crippen molar-refractivity contribution in [2.24, 2.45) is 0 Å². The molecule has 2 nitrogen and oxygen atoms in total. The third-order valence-corrected chi connectivity index (χ3v) is 5.31. The lowest BCUT2D eigenvalue weighted by Gasteiger charge is -1.97. The molecule has 15 heavy (non-hydrogen) atoms. The molecule has 78 valence electrons. The number of rotatable bonds is 1. The summed E-state index contributed by atoms with van der Waals surface area (Å²) in [6, 6.07) is 2.01.